The number of rotatable bonds is 1. The molecule has 0 saturated carbocycles. The summed E-state index contributed by atoms with van der Waals surface area (Å²) in [5, 5.41) is 13.5. The summed E-state index contributed by atoms with van der Waals surface area (Å²) < 4.78 is 0. The highest BCUT2D eigenvalue weighted by Gasteiger charge is 2.37. The van der Waals surface area contributed by atoms with E-state index < -0.39 is 0 Å². The van der Waals surface area contributed by atoms with Crippen LogP contribution < -0.4 is 10.2 Å². The van der Waals surface area contributed by atoms with E-state index in [0.29, 0.717) is 17.4 Å². The summed E-state index contributed by atoms with van der Waals surface area (Å²) in [7, 11) is 0. The van der Waals surface area contributed by atoms with Gasteiger partial charge in [-0.25, -0.2) is 9.97 Å². The molecule has 0 aromatic carbocycles. The second-order valence-corrected chi connectivity index (χ2v) is 5.32. The highest BCUT2D eigenvalue weighted by Crippen LogP contribution is 2.33. The van der Waals surface area contributed by atoms with Gasteiger partial charge in [-0.1, -0.05) is 0 Å². The molecule has 0 bridgehead atoms. The quantitative estimate of drug-likeness (QED) is 0.774. The average Bonchev–Trinajstić information content (AvgIpc) is 3.11. The first-order chi connectivity index (χ1) is 9.36. The summed E-state index contributed by atoms with van der Waals surface area (Å²) in [4.78, 5) is 14.0. The van der Waals surface area contributed by atoms with Gasteiger partial charge in [0.2, 0.25) is 0 Å². The van der Waals surface area contributed by atoms with Crippen LogP contribution in [0.4, 0.5) is 5.82 Å². The molecular weight excluding hydrogens is 240 g/mol. The van der Waals surface area contributed by atoms with Crippen LogP contribution in [0.15, 0.2) is 12.5 Å². The van der Waals surface area contributed by atoms with E-state index in [4.69, 9.17) is 0 Å². The van der Waals surface area contributed by atoms with Gasteiger partial charge >= 0.3 is 0 Å². The molecule has 19 heavy (non-hydrogen) atoms. The van der Waals surface area contributed by atoms with E-state index in [2.05, 4.69) is 31.2 Å². The molecule has 2 aromatic heterocycles. The van der Waals surface area contributed by atoms with E-state index in [9.17, 15) is 5.26 Å². The van der Waals surface area contributed by atoms with E-state index in [-0.39, 0.29) is 0 Å². The van der Waals surface area contributed by atoms with Crippen molar-refractivity contribution in [3.05, 3.63) is 18.1 Å². The lowest BCUT2D eigenvalue weighted by atomic mass is 10.0. The van der Waals surface area contributed by atoms with Gasteiger partial charge in [0.25, 0.3) is 0 Å². The Kier molecular flexibility index (Phi) is 2.23. The molecule has 96 valence electrons. The standard InChI is InChI=1S/C13H14N6/c14-1-8-4-16-12-11(8)13(18-7-17-12)19-5-9-2-15-3-10(9)6-19/h4,7,9-10,15H,2-3,5-6H2,(H,16,17,18). The fraction of sp³-hybridized carbons (Fsp3) is 0.462. The molecule has 4 rings (SSSR count). The van der Waals surface area contributed by atoms with Gasteiger partial charge in [0, 0.05) is 32.4 Å². The van der Waals surface area contributed by atoms with Crippen molar-refractivity contribution in [3.63, 3.8) is 0 Å². The average molecular weight is 254 g/mol. The molecule has 0 spiro atoms. The first-order valence-corrected chi connectivity index (χ1v) is 6.54. The Hall–Kier alpha value is -2.13. The fourth-order valence-electron chi connectivity index (χ4n) is 3.30. The molecule has 6 heteroatoms. The largest absolute Gasteiger partial charge is 0.355 e. The van der Waals surface area contributed by atoms with E-state index in [1.54, 1.807) is 12.5 Å². The first-order valence-electron chi connectivity index (χ1n) is 6.54. The highest BCUT2D eigenvalue weighted by molar-refractivity contribution is 5.92. The minimum absolute atomic E-state index is 0.626. The van der Waals surface area contributed by atoms with E-state index in [1.165, 1.54) is 0 Å². The zero-order valence-electron chi connectivity index (χ0n) is 10.4. The number of hydrogen-bond acceptors (Lipinski definition) is 5. The summed E-state index contributed by atoms with van der Waals surface area (Å²) in [5.41, 5.74) is 1.37. The van der Waals surface area contributed by atoms with Crippen molar-refractivity contribution in [3.8, 4) is 6.07 Å². The molecule has 0 amide bonds. The van der Waals surface area contributed by atoms with Gasteiger partial charge in [0.05, 0.1) is 10.9 Å². The molecule has 2 aromatic rings. The Balaban J connectivity index is 1.79. The zero-order chi connectivity index (χ0) is 12.8. The normalized spacial score (nSPS) is 25.7. The van der Waals surface area contributed by atoms with Crippen LogP contribution in [-0.4, -0.2) is 41.1 Å². The number of aromatic amines is 1. The lowest BCUT2D eigenvalue weighted by Gasteiger charge is -2.19. The molecule has 0 radical (unpaired) electrons. The van der Waals surface area contributed by atoms with E-state index >= 15 is 0 Å². The Bertz CT molecular complexity index is 657. The van der Waals surface area contributed by atoms with Crippen LogP contribution in [0.2, 0.25) is 0 Å². The van der Waals surface area contributed by atoms with Crippen molar-refractivity contribution in [2.24, 2.45) is 11.8 Å². The van der Waals surface area contributed by atoms with Gasteiger partial charge in [-0.15, -0.1) is 0 Å². The molecular formula is C13H14N6. The fourth-order valence-corrected chi connectivity index (χ4v) is 3.30. The van der Waals surface area contributed by atoms with Crippen molar-refractivity contribution in [1.29, 1.82) is 5.26 Å². The zero-order valence-corrected chi connectivity index (χ0v) is 10.4. The van der Waals surface area contributed by atoms with Gasteiger partial charge < -0.3 is 15.2 Å². The van der Waals surface area contributed by atoms with Crippen molar-refractivity contribution >= 4 is 16.9 Å². The predicted octanol–water partition coefficient (Wildman–Crippen LogP) is 0.485. The SMILES string of the molecule is N#Cc1c[nH]c2ncnc(N3CC4CNCC4C3)c12. The summed E-state index contributed by atoms with van der Waals surface area (Å²) in [5.74, 6) is 2.31. The van der Waals surface area contributed by atoms with Crippen LogP contribution in [0.1, 0.15) is 5.56 Å². The predicted molar refractivity (Wildman–Crippen MR) is 70.7 cm³/mol. The minimum Gasteiger partial charge on any atom is -0.355 e. The van der Waals surface area contributed by atoms with Crippen molar-refractivity contribution < 1.29 is 0 Å². The molecule has 2 aliphatic heterocycles. The minimum atomic E-state index is 0.626. The second-order valence-electron chi connectivity index (χ2n) is 5.32. The van der Waals surface area contributed by atoms with Crippen LogP contribution in [0.25, 0.3) is 11.0 Å². The number of H-pyrrole nitrogens is 1. The van der Waals surface area contributed by atoms with Crippen LogP contribution in [0.3, 0.4) is 0 Å². The Morgan fingerprint density at radius 3 is 2.79 bits per heavy atom. The number of nitrogens with one attached hydrogen (secondary N) is 2. The molecule has 2 unspecified atom stereocenters. The molecule has 2 N–H and O–H groups in total. The number of hydrogen-bond donors (Lipinski definition) is 2. The summed E-state index contributed by atoms with van der Waals surface area (Å²) in [6, 6.07) is 2.21. The van der Waals surface area contributed by atoms with Crippen LogP contribution >= 0.6 is 0 Å². The maximum Gasteiger partial charge on any atom is 0.144 e. The third kappa shape index (κ3) is 1.52. The third-order valence-corrected chi connectivity index (χ3v) is 4.26. The molecule has 2 fully saturated rings. The number of nitriles is 1. The Morgan fingerprint density at radius 1 is 1.26 bits per heavy atom. The van der Waals surface area contributed by atoms with E-state index in [1.807, 2.05) is 0 Å². The maximum absolute atomic E-state index is 9.20. The van der Waals surface area contributed by atoms with Crippen molar-refractivity contribution in [1.82, 2.24) is 20.3 Å². The number of anilines is 1. The third-order valence-electron chi connectivity index (χ3n) is 4.26. The van der Waals surface area contributed by atoms with Crippen molar-refractivity contribution in [2.75, 3.05) is 31.1 Å². The number of fused-ring (bicyclic) bond motifs is 2. The van der Waals surface area contributed by atoms with Gasteiger partial charge in [0.1, 0.15) is 23.9 Å². The van der Waals surface area contributed by atoms with E-state index in [0.717, 1.165) is 43.0 Å². The van der Waals surface area contributed by atoms with Gasteiger partial charge in [-0.2, -0.15) is 5.26 Å². The van der Waals surface area contributed by atoms with Crippen LogP contribution in [0, 0.1) is 23.2 Å². The topological polar surface area (TPSA) is 80.6 Å². The molecule has 2 saturated heterocycles. The van der Waals surface area contributed by atoms with Gasteiger partial charge in [0.15, 0.2) is 0 Å². The second kappa shape index (κ2) is 3.93. The summed E-state index contributed by atoms with van der Waals surface area (Å²) in [6.45, 7) is 4.21. The maximum atomic E-state index is 9.20. The van der Waals surface area contributed by atoms with Crippen molar-refractivity contribution in [2.45, 2.75) is 0 Å². The van der Waals surface area contributed by atoms with Crippen LogP contribution in [-0.2, 0) is 0 Å². The lowest BCUT2D eigenvalue weighted by molar-refractivity contribution is 0.533. The summed E-state index contributed by atoms with van der Waals surface area (Å²) >= 11 is 0. The molecule has 6 nitrogen and oxygen atoms in total. The number of aromatic nitrogens is 3. The lowest BCUT2D eigenvalue weighted by Crippen LogP contribution is -2.26. The smallest absolute Gasteiger partial charge is 0.144 e. The van der Waals surface area contributed by atoms with Gasteiger partial charge in [-0.3, -0.25) is 0 Å². The Morgan fingerprint density at radius 2 is 2.05 bits per heavy atom. The molecule has 0 aliphatic carbocycles. The monoisotopic (exact) mass is 254 g/mol. The molecule has 4 heterocycles. The molecule has 2 aliphatic rings. The summed E-state index contributed by atoms with van der Waals surface area (Å²) in [6.07, 6.45) is 3.28. The van der Waals surface area contributed by atoms with Gasteiger partial charge in [-0.05, 0) is 11.8 Å². The molecule has 2 atom stereocenters. The number of nitrogens with zero attached hydrogens (tertiary/aromatic N) is 4. The van der Waals surface area contributed by atoms with Crippen LogP contribution in [0.5, 0.6) is 0 Å². The highest BCUT2D eigenvalue weighted by atomic mass is 15.2. The Labute approximate surface area is 110 Å². The first kappa shape index (κ1) is 10.8.